The van der Waals surface area contributed by atoms with Crippen LogP contribution < -0.4 is 5.32 Å². The van der Waals surface area contributed by atoms with E-state index < -0.39 is 0 Å². The van der Waals surface area contributed by atoms with Gasteiger partial charge in [-0.1, -0.05) is 13.8 Å². The van der Waals surface area contributed by atoms with Crippen molar-refractivity contribution in [2.45, 2.75) is 39.0 Å². The number of hydrogen-bond acceptors (Lipinski definition) is 5. The number of carbonyl (C=O) groups excluding carboxylic acids is 1. The molecule has 1 aliphatic rings. The molecule has 0 aromatic heterocycles. The van der Waals surface area contributed by atoms with Crippen molar-refractivity contribution in [2.75, 3.05) is 27.1 Å². The van der Waals surface area contributed by atoms with Gasteiger partial charge in [-0.15, -0.1) is 0 Å². The number of aliphatic hydroxyl groups excluding tert-OH is 1. The number of carbonyl (C=O) groups is 1. The first-order valence-electron chi connectivity index (χ1n) is 6.61. The molecule has 1 fully saturated rings. The molecule has 0 unspecified atom stereocenters. The highest BCUT2D eigenvalue weighted by molar-refractivity contribution is 5.73. The van der Waals surface area contributed by atoms with Crippen LogP contribution in [0.3, 0.4) is 0 Å². The molecule has 0 aromatic carbocycles. The van der Waals surface area contributed by atoms with Gasteiger partial charge < -0.3 is 24.6 Å². The molecule has 1 heterocycles. The summed E-state index contributed by atoms with van der Waals surface area (Å²) in [6.45, 7) is 6.04. The average molecular weight is 275 g/mol. The predicted molar refractivity (Wildman–Crippen MR) is 69.5 cm³/mol. The third-order valence-corrected chi connectivity index (χ3v) is 3.77. The molecule has 0 radical (unpaired) electrons. The quantitative estimate of drug-likeness (QED) is 0.533. The van der Waals surface area contributed by atoms with Gasteiger partial charge in [0.05, 0.1) is 25.4 Å². The lowest BCUT2D eigenvalue weighted by atomic mass is 9.80. The van der Waals surface area contributed by atoms with E-state index in [0.29, 0.717) is 6.61 Å². The summed E-state index contributed by atoms with van der Waals surface area (Å²) in [5.41, 5.74) is 0. The van der Waals surface area contributed by atoms with E-state index in [1.807, 2.05) is 6.92 Å². The topological polar surface area (TPSA) is 77.0 Å². The molecule has 6 heteroatoms. The molecule has 0 saturated carbocycles. The minimum absolute atomic E-state index is 0.0287. The molecule has 1 aliphatic heterocycles. The van der Waals surface area contributed by atoms with Crippen LogP contribution in [-0.2, 0) is 19.0 Å². The summed E-state index contributed by atoms with van der Waals surface area (Å²) in [5.74, 6) is 0.276. The second kappa shape index (κ2) is 7.79. The SMILES string of the molecule is COCOC[C@@H]1O[C@H](CO)[C@@H](C)[C@H](C)[C@@H]1NC(C)=O. The summed E-state index contributed by atoms with van der Waals surface area (Å²) in [7, 11) is 1.55. The summed E-state index contributed by atoms with van der Waals surface area (Å²) in [4.78, 5) is 11.3. The zero-order valence-corrected chi connectivity index (χ0v) is 12.1. The van der Waals surface area contributed by atoms with Gasteiger partial charge in [-0.2, -0.15) is 0 Å². The van der Waals surface area contributed by atoms with Gasteiger partial charge in [-0.3, -0.25) is 4.79 Å². The van der Waals surface area contributed by atoms with Gasteiger partial charge in [0.1, 0.15) is 12.9 Å². The lowest BCUT2D eigenvalue weighted by molar-refractivity contribution is -0.170. The minimum atomic E-state index is -0.276. The Hall–Kier alpha value is -0.690. The Morgan fingerprint density at radius 1 is 1.32 bits per heavy atom. The first-order valence-corrected chi connectivity index (χ1v) is 6.61. The number of ether oxygens (including phenoxy) is 3. The first kappa shape index (κ1) is 16.4. The van der Waals surface area contributed by atoms with E-state index in [1.54, 1.807) is 7.11 Å². The molecule has 1 amide bonds. The van der Waals surface area contributed by atoms with Crippen molar-refractivity contribution in [1.82, 2.24) is 5.32 Å². The van der Waals surface area contributed by atoms with E-state index in [9.17, 15) is 9.90 Å². The van der Waals surface area contributed by atoms with Crippen molar-refractivity contribution in [2.24, 2.45) is 11.8 Å². The third-order valence-electron chi connectivity index (χ3n) is 3.77. The van der Waals surface area contributed by atoms with Gasteiger partial charge in [-0.05, 0) is 11.8 Å². The second-order valence-corrected chi connectivity index (χ2v) is 5.12. The Morgan fingerprint density at radius 2 is 2.00 bits per heavy atom. The van der Waals surface area contributed by atoms with E-state index in [0.717, 1.165) is 0 Å². The number of nitrogens with one attached hydrogen (secondary N) is 1. The second-order valence-electron chi connectivity index (χ2n) is 5.12. The molecule has 19 heavy (non-hydrogen) atoms. The van der Waals surface area contributed by atoms with Crippen LogP contribution in [-0.4, -0.2) is 56.4 Å². The molecule has 1 saturated heterocycles. The van der Waals surface area contributed by atoms with Crippen molar-refractivity contribution in [3.8, 4) is 0 Å². The summed E-state index contributed by atoms with van der Waals surface area (Å²) in [6, 6.07) is -0.118. The molecular weight excluding hydrogens is 250 g/mol. The zero-order chi connectivity index (χ0) is 14.4. The number of hydrogen-bond donors (Lipinski definition) is 2. The highest BCUT2D eigenvalue weighted by Gasteiger charge is 2.41. The van der Waals surface area contributed by atoms with E-state index in [4.69, 9.17) is 14.2 Å². The summed E-state index contributed by atoms with van der Waals surface area (Å²) >= 11 is 0. The number of aliphatic hydroxyl groups is 1. The van der Waals surface area contributed by atoms with Crippen LogP contribution in [0.5, 0.6) is 0 Å². The predicted octanol–water partition coefficient (Wildman–Crippen LogP) is 0.144. The van der Waals surface area contributed by atoms with Crippen molar-refractivity contribution >= 4 is 5.91 Å². The highest BCUT2D eigenvalue weighted by Crippen LogP contribution is 2.30. The monoisotopic (exact) mass is 275 g/mol. The van der Waals surface area contributed by atoms with Gasteiger partial charge in [0, 0.05) is 14.0 Å². The largest absolute Gasteiger partial charge is 0.394 e. The molecular formula is C13H25NO5. The Balaban J connectivity index is 2.71. The van der Waals surface area contributed by atoms with Gasteiger partial charge in [0.15, 0.2) is 0 Å². The van der Waals surface area contributed by atoms with Crippen LogP contribution in [0.15, 0.2) is 0 Å². The number of methoxy groups -OCH3 is 1. The highest BCUT2D eigenvalue weighted by atomic mass is 16.7. The molecule has 5 atom stereocenters. The summed E-state index contributed by atoms with van der Waals surface area (Å²) in [5, 5.41) is 12.3. The molecule has 0 aromatic rings. The molecule has 2 N–H and O–H groups in total. The molecule has 6 nitrogen and oxygen atoms in total. The Kier molecular flexibility index (Phi) is 6.71. The van der Waals surface area contributed by atoms with Crippen molar-refractivity contribution in [3.63, 3.8) is 0 Å². The lowest BCUT2D eigenvalue weighted by Gasteiger charge is -2.44. The number of amides is 1. The van der Waals surface area contributed by atoms with Crippen LogP contribution in [0.2, 0.25) is 0 Å². The van der Waals surface area contributed by atoms with Gasteiger partial charge >= 0.3 is 0 Å². The van der Waals surface area contributed by atoms with E-state index in [2.05, 4.69) is 12.2 Å². The van der Waals surface area contributed by atoms with E-state index in [1.165, 1.54) is 6.92 Å². The molecule has 1 rings (SSSR count). The smallest absolute Gasteiger partial charge is 0.217 e. The van der Waals surface area contributed by atoms with Gasteiger partial charge in [0.25, 0.3) is 0 Å². The fraction of sp³-hybridized carbons (Fsp3) is 0.923. The van der Waals surface area contributed by atoms with Gasteiger partial charge in [-0.25, -0.2) is 0 Å². The Labute approximate surface area is 114 Å². The van der Waals surface area contributed by atoms with Crippen LogP contribution >= 0.6 is 0 Å². The molecule has 0 bridgehead atoms. The standard InChI is InChI=1S/C13H25NO5/c1-8-9(2)13(14-10(3)16)12(6-18-7-17-4)19-11(8)5-15/h8-9,11-13,15H,5-7H2,1-4H3,(H,14,16)/t8-,9-,11+,12-,13-/m0/s1. The minimum Gasteiger partial charge on any atom is -0.394 e. The van der Waals surface area contributed by atoms with Crippen LogP contribution in [0.4, 0.5) is 0 Å². The molecule has 0 spiro atoms. The fourth-order valence-electron chi connectivity index (χ4n) is 2.50. The Bertz CT molecular complexity index is 286. The van der Waals surface area contributed by atoms with Crippen LogP contribution in [0.1, 0.15) is 20.8 Å². The maximum Gasteiger partial charge on any atom is 0.217 e. The first-order chi connectivity index (χ1) is 9.01. The van der Waals surface area contributed by atoms with Crippen molar-refractivity contribution < 1.29 is 24.1 Å². The van der Waals surface area contributed by atoms with E-state index in [-0.39, 0.29) is 49.4 Å². The lowest BCUT2D eigenvalue weighted by Crippen LogP contribution is -2.58. The molecule has 112 valence electrons. The van der Waals surface area contributed by atoms with Crippen LogP contribution in [0.25, 0.3) is 0 Å². The van der Waals surface area contributed by atoms with Gasteiger partial charge in [0.2, 0.25) is 5.91 Å². The fourth-order valence-corrected chi connectivity index (χ4v) is 2.50. The van der Waals surface area contributed by atoms with Crippen LogP contribution in [0, 0.1) is 11.8 Å². The van der Waals surface area contributed by atoms with Crippen molar-refractivity contribution in [1.29, 1.82) is 0 Å². The summed E-state index contributed by atoms with van der Waals surface area (Å²) < 4.78 is 16.0. The maximum atomic E-state index is 11.3. The summed E-state index contributed by atoms with van der Waals surface area (Å²) in [6.07, 6.45) is -0.501. The van der Waals surface area contributed by atoms with E-state index >= 15 is 0 Å². The zero-order valence-electron chi connectivity index (χ0n) is 12.1. The number of rotatable bonds is 6. The Morgan fingerprint density at radius 3 is 2.53 bits per heavy atom. The van der Waals surface area contributed by atoms with Crippen molar-refractivity contribution in [3.05, 3.63) is 0 Å². The maximum absolute atomic E-state index is 11.3. The molecule has 0 aliphatic carbocycles. The third kappa shape index (κ3) is 4.42. The normalized spacial score (nSPS) is 35.1. The average Bonchev–Trinajstić information content (AvgIpc) is 2.37.